The number of furan rings is 1. The largest absolute Gasteiger partial charge is 0.477 e. The molecule has 8 nitrogen and oxygen atoms in total. The number of carboxylic acid groups (broad SMARTS) is 1. The topological polar surface area (TPSA) is 120 Å². The second-order valence-corrected chi connectivity index (χ2v) is 7.41. The number of nitro benzene ring substituents is 1. The first-order valence-electron chi connectivity index (χ1n) is 8.43. The number of carboxylic acids is 1. The Bertz CT molecular complexity index is 1280. The van der Waals surface area contributed by atoms with E-state index in [0.717, 1.165) is 11.8 Å². The molecule has 0 bridgehead atoms. The minimum atomic E-state index is -1.20. The molecule has 0 aliphatic rings. The van der Waals surface area contributed by atoms with E-state index in [1.165, 1.54) is 36.4 Å². The molecule has 1 N–H and O–H groups in total. The molecule has 2 heterocycles. The molecule has 0 aliphatic carbocycles. The van der Waals surface area contributed by atoms with Crippen LogP contribution >= 0.6 is 23.4 Å². The Morgan fingerprint density at radius 2 is 1.97 bits per heavy atom. The van der Waals surface area contributed by atoms with Crippen molar-refractivity contribution in [3.63, 3.8) is 0 Å². The quantitative estimate of drug-likeness (QED) is 0.170. The van der Waals surface area contributed by atoms with Gasteiger partial charge in [0.05, 0.1) is 10.5 Å². The number of para-hydroxylation sites is 2. The molecule has 0 radical (unpaired) electrons. The summed E-state index contributed by atoms with van der Waals surface area (Å²) in [6.07, 6.45) is 1.30. The SMILES string of the molecule is O=C(O)/C(=C/c1ccc(-c2ccc(Cl)cc2[N+](=O)[O-])o1)Sc1nc2ccccc2o1. The van der Waals surface area contributed by atoms with Gasteiger partial charge in [-0.25, -0.2) is 9.78 Å². The molecule has 0 saturated carbocycles. The van der Waals surface area contributed by atoms with Crippen LogP contribution in [0.15, 0.2) is 73.6 Å². The highest BCUT2D eigenvalue weighted by Crippen LogP contribution is 2.35. The second kappa shape index (κ2) is 8.05. The molecule has 10 heteroatoms. The number of nitrogens with zero attached hydrogens (tertiary/aromatic N) is 2. The standard InChI is InChI=1S/C20H11ClN2O6S/c21-11-5-7-13(15(9-11)23(26)27)16-8-6-12(28-16)10-18(19(24)25)30-20-22-14-3-1-2-4-17(14)29-20/h1-10H,(H,24,25)/b18-10-. The zero-order valence-electron chi connectivity index (χ0n) is 14.9. The van der Waals surface area contributed by atoms with Gasteiger partial charge in [-0.3, -0.25) is 10.1 Å². The fourth-order valence-electron chi connectivity index (χ4n) is 2.69. The van der Waals surface area contributed by atoms with Gasteiger partial charge in [0.25, 0.3) is 10.9 Å². The summed E-state index contributed by atoms with van der Waals surface area (Å²) < 4.78 is 11.2. The van der Waals surface area contributed by atoms with Crippen LogP contribution in [0.3, 0.4) is 0 Å². The zero-order chi connectivity index (χ0) is 21.3. The number of rotatable bonds is 6. The Kier molecular flexibility index (Phi) is 5.30. The number of carbonyl (C=O) groups is 1. The molecule has 2 aromatic carbocycles. The minimum Gasteiger partial charge on any atom is -0.477 e. The van der Waals surface area contributed by atoms with Crippen LogP contribution in [0.1, 0.15) is 5.76 Å². The van der Waals surface area contributed by atoms with E-state index in [0.29, 0.717) is 11.1 Å². The van der Waals surface area contributed by atoms with Gasteiger partial charge in [-0.05, 0) is 48.2 Å². The number of aromatic nitrogens is 1. The minimum absolute atomic E-state index is 0.0898. The van der Waals surface area contributed by atoms with Gasteiger partial charge < -0.3 is 13.9 Å². The van der Waals surface area contributed by atoms with E-state index >= 15 is 0 Å². The van der Waals surface area contributed by atoms with E-state index in [1.807, 2.05) is 0 Å². The highest BCUT2D eigenvalue weighted by Gasteiger charge is 2.20. The Morgan fingerprint density at radius 3 is 2.70 bits per heavy atom. The van der Waals surface area contributed by atoms with Gasteiger partial charge in [0.15, 0.2) is 5.58 Å². The van der Waals surface area contributed by atoms with Crippen molar-refractivity contribution in [1.29, 1.82) is 0 Å². The van der Waals surface area contributed by atoms with E-state index in [2.05, 4.69) is 4.98 Å². The normalized spacial score (nSPS) is 11.7. The number of halogens is 1. The van der Waals surface area contributed by atoms with Gasteiger partial charge in [-0.2, -0.15) is 0 Å². The summed E-state index contributed by atoms with van der Waals surface area (Å²) in [6.45, 7) is 0. The lowest BCUT2D eigenvalue weighted by Gasteiger charge is -2.00. The molecule has 0 saturated heterocycles. The number of nitro groups is 1. The first-order chi connectivity index (χ1) is 14.4. The highest BCUT2D eigenvalue weighted by molar-refractivity contribution is 8.03. The molecule has 0 fully saturated rings. The second-order valence-electron chi connectivity index (χ2n) is 5.98. The fraction of sp³-hybridized carbons (Fsp3) is 0. The summed E-state index contributed by atoms with van der Waals surface area (Å²) in [4.78, 5) is 26.6. The van der Waals surface area contributed by atoms with Crippen LogP contribution in [0.5, 0.6) is 0 Å². The van der Waals surface area contributed by atoms with Crippen molar-refractivity contribution in [3.8, 4) is 11.3 Å². The molecule has 0 atom stereocenters. The molecule has 0 spiro atoms. The Balaban J connectivity index is 1.65. The third-order valence-electron chi connectivity index (χ3n) is 4.00. The molecule has 4 aromatic rings. The van der Waals surface area contributed by atoms with Crippen molar-refractivity contribution in [1.82, 2.24) is 4.98 Å². The lowest BCUT2D eigenvalue weighted by atomic mass is 10.1. The van der Waals surface area contributed by atoms with Crippen LogP contribution in [0.2, 0.25) is 5.02 Å². The molecule has 150 valence electrons. The Morgan fingerprint density at radius 1 is 1.17 bits per heavy atom. The van der Waals surface area contributed by atoms with Gasteiger partial charge in [0.2, 0.25) is 0 Å². The van der Waals surface area contributed by atoms with Crippen LogP contribution < -0.4 is 0 Å². The molecule has 0 unspecified atom stereocenters. The lowest BCUT2D eigenvalue weighted by molar-refractivity contribution is -0.384. The van der Waals surface area contributed by atoms with Crippen LogP contribution in [0.25, 0.3) is 28.5 Å². The number of hydrogen-bond donors (Lipinski definition) is 1. The first-order valence-corrected chi connectivity index (χ1v) is 9.63. The van der Waals surface area contributed by atoms with Crippen LogP contribution in [-0.4, -0.2) is 21.0 Å². The Labute approximate surface area is 177 Å². The number of aliphatic carboxylic acids is 1. The van der Waals surface area contributed by atoms with E-state index in [9.17, 15) is 20.0 Å². The van der Waals surface area contributed by atoms with E-state index < -0.39 is 10.9 Å². The summed E-state index contributed by atoms with van der Waals surface area (Å²) in [5.74, 6) is -0.783. The molecule has 0 aliphatic heterocycles. The van der Waals surface area contributed by atoms with Crippen molar-refractivity contribution < 1.29 is 23.7 Å². The third kappa shape index (κ3) is 4.07. The zero-order valence-corrected chi connectivity index (χ0v) is 16.5. The van der Waals surface area contributed by atoms with Crippen LogP contribution in [-0.2, 0) is 4.79 Å². The smallest absolute Gasteiger partial charge is 0.342 e. The number of oxazole rings is 1. The maximum atomic E-state index is 11.7. The van der Waals surface area contributed by atoms with Crippen LogP contribution in [0, 0.1) is 10.1 Å². The van der Waals surface area contributed by atoms with Gasteiger partial charge in [-0.15, -0.1) is 0 Å². The fourth-order valence-corrected chi connectivity index (χ4v) is 3.58. The van der Waals surface area contributed by atoms with E-state index in [1.54, 1.807) is 24.3 Å². The van der Waals surface area contributed by atoms with Crippen molar-refractivity contribution in [3.05, 3.63) is 80.4 Å². The highest BCUT2D eigenvalue weighted by atomic mass is 35.5. The predicted molar refractivity (Wildman–Crippen MR) is 111 cm³/mol. The molecular formula is C20H11ClN2O6S. The number of thioether (sulfide) groups is 1. The average molecular weight is 443 g/mol. The molecule has 4 rings (SSSR count). The van der Waals surface area contributed by atoms with Gasteiger partial charge in [0, 0.05) is 17.2 Å². The summed E-state index contributed by atoms with van der Waals surface area (Å²) >= 11 is 6.67. The van der Waals surface area contributed by atoms with E-state index in [4.69, 9.17) is 20.4 Å². The number of benzene rings is 2. The van der Waals surface area contributed by atoms with E-state index in [-0.39, 0.29) is 37.9 Å². The molecule has 30 heavy (non-hydrogen) atoms. The maximum absolute atomic E-state index is 11.7. The van der Waals surface area contributed by atoms with Gasteiger partial charge in [0.1, 0.15) is 21.9 Å². The maximum Gasteiger partial charge on any atom is 0.342 e. The van der Waals surface area contributed by atoms with Gasteiger partial charge >= 0.3 is 5.97 Å². The van der Waals surface area contributed by atoms with Crippen molar-refractivity contribution in [2.45, 2.75) is 5.22 Å². The first kappa shape index (κ1) is 19.7. The average Bonchev–Trinajstić information content (AvgIpc) is 3.33. The molecule has 0 amide bonds. The third-order valence-corrected chi connectivity index (χ3v) is 5.10. The number of fused-ring (bicyclic) bond motifs is 1. The van der Waals surface area contributed by atoms with Gasteiger partial charge in [-0.1, -0.05) is 23.7 Å². The van der Waals surface area contributed by atoms with Crippen LogP contribution in [0.4, 0.5) is 5.69 Å². The molecular weight excluding hydrogens is 432 g/mol. The monoisotopic (exact) mass is 442 g/mol. The van der Waals surface area contributed by atoms with Crippen molar-refractivity contribution in [2.24, 2.45) is 0 Å². The summed E-state index contributed by atoms with van der Waals surface area (Å²) in [6, 6.07) is 14.3. The summed E-state index contributed by atoms with van der Waals surface area (Å²) in [7, 11) is 0. The Hall–Kier alpha value is -3.56. The predicted octanol–water partition coefficient (Wildman–Crippen LogP) is 5.87. The summed E-state index contributed by atoms with van der Waals surface area (Å²) in [5.41, 5.74) is 1.17. The summed E-state index contributed by atoms with van der Waals surface area (Å²) in [5, 5.41) is 21.2. The lowest BCUT2D eigenvalue weighted by Crippen LogP contribution is -1.96. The van der Waals surface area contributed by atoms with Crippen molar-refractivity contribution in [2.75, 3.05) is 0 Å². The van der Waals surface area contributed by atoms with Crippen molar-refractivity contribution >= 4 is 52.2 Å². The number of hydrogen-bond acceptors (Lipinski definition) is 7. The molecule has 2 aromatic heterocycles.